The van der Waals surface area contributed by atoms with Crippen LogP contribution in [0.5, 0.6) is 0 Å². The van der Waals surface area contributed by atoms with Crippen LogP contribution in [0.1, 0.15) is 57.0 Å². The quantitative estimate of drug-likeness (QED) is 0.498. The molecule has 11 nitrogen and oxygen atoms in total. The van der Waals surface area contributed by atoms with Gasteiger partial charge in [0.15, 0.2) is 11.3 Å². The van der Waals surface area contributed by atoms with E-state index in [9.17, 15) is 14.4 Å². The van der Waals surface area contributed by atoms with Crippen LogP contribution in [0, 0.1) is 0 Å². The van der Waals surface area contributed by atoms with Crippen LogP contribution in [-0.2, 0) is 20.7 Å². The van der Waals surface area contributed by atoms with Crippen molar-refractivity contribution in [3.05, 3.63) is 34.5 Å². The predicted octanol–water partition coefficient (Wildman–Crippen LogP) is 3.33. The van der Waals surface area contributed by atoms with Gasteiger partial charge in [0.2, 0.25) is 0 Å². The van der Waals surface area contributed by atoms with E-state index >= 15 is 0 Å². The number of carboxylic acid groups (broad SMARTS) is 1. The minimum Gasteiger partial charge on any atom is -0.476 e. The van der Waals surface area contributed by atoms with E-state index in [-0.39, 0.29) is 12.1 Å². The summed E-state index contributed by atoms with van der Waals surface area (Å²) in [5.74, 6) is -1.75. The first kappa shape index (κ1) is 25.1. The number of amides is 1. The average molecular weight is 490 g/mol. The Hall–Kier alpha value is -3.54. The van der Waals surface area contributed by atoms with Gasteiger partial charge in [0.1, 0.15) is 17.2 Å². The molecule has 3 aromatic heterocycles. The maximum Gasteiger partial charge on any atom is 0.408 e. The van der Waals surface area contributed by atoms with Crippen molar-refractivity contribution in [1.29, 1.82) is 0 Å². The van der Waals surface area contributed by atoms with Crippen molar-refractivity contribution in [1.82, 2.24) is 24.9 Å². The van der Waals surface area contributed by atoms with E-state index in [4.69, 9.17) is 14.6 Å². The monoisotopic (exact) mass is 489 g/mol. The van der Waals surface area contributed by atoms with Gasteiger partial charge in [-0.15, -0.1) is 11.3 Å². The Bertz CT molecular complexity index is 1220. The van der Waals surface area contributed by atoms with Crippen LogP contribution < -0.4 is 5.32 Å². The highest BCUT2D eigenvalue weighted by molar-refractivity contribution is 7.10. The van der Waals surface area contributed by atoms with Crippen LogP contribution >= 0.6 is 11.3 Å². The number of fused-ring (bicyclic) bond motifs is 1. The number of hydrogen-bond donors (Lipinski definition) is 2. The second kappa shape index (κ2) is 9.37. The lowest BCUT2D eigenvalue weighted by Gasteiger charge is -2.26. The van der Waals surface area contributed by atoms with Crippen molar-refractivity contribution in [2.24, 2.45) is 0 Å². The van der Waals surface area contributed by atoms with Gasteiger partial charge >= 0.3 is 18.0 Å². The maximum absolute atomic E-state index is 12.8. The van der Waals surface area contributed by atoms with Gasteiger partial charge in [-0.2, -0.15) is 5.10 Å². The second-order valence-electron chi connectivity index (χ2n) is 9.54. The number of aromatic nitrogens is 4. The fourth-order valence-electron chi connectivity index (χ4n) is 2.84. The third kappa shape index (κ3) is 6.73. The van der Waals surface area contributed by atoms with Crippen LogP contribution in [0.2, 0.25) is 0 Å². The van der Waals surface area contributed by atoms with Gasteiger partial charge in [-0.3, -0.25) is 0 Å². The minimum atomic E-state index is -1.14. The molecule has 12 heteroatoms. The van der Waals surface area contributed by atoms with Crippen molar-refractivity contribution >= 4 is 35.0 Å². The summed E-state index contributed by atoms with van der Waals surface area (Å²) < 4.78 is 12.1. The van der Waals surface area contributed by atoms with Crippen molar-refractivity contribution < 1.29 is 29.0 Å². The summed E-state index contributed by atoms with van der Waals surface area (Å²) in [5, 5.41) is 18.0. The Morgan fingerprint density at radius 2 is 1.82 bits per heavy atom. The Morgan fingerprint density at radius 3 is 2.44 bits per heavy atom. The van der Waals surface area contributed by atoms with Gasteiger partial charge in [-0.1, -0.05) is 0 Å². The first-order valence-electron chi connectivity index (χ1n) is 10.5. The number of esters is 1. The average Bonchev–Trinajstić information content (AvgIpc) is 3.30. The predicted molar refractivity (Wildman–Crippen MR) is 124 cm³/mol. The molecule has 0 fully saturated rings. The number of alkyl carbamates (subject to hydrolysis) is 1. The number of carboxylic acids is 1. The molecular weight excluding hydrogens is 462 g/mol. The lowest BCUT2D eigenvalue weighted by atomic mass is 10.1. The summed E-state index contributed by atoms with van der Waals surface area (Å²) in [6.45, 7) is 10.4. The molecule has 0 spiro atoms. The SMILES string of the molecule is CC(C)(C)OC(=O)NC(Cc1nc(-c2cnc3cc(C(=O)O)nn3c2)cs1)C(=O)OC(C)(C)C. The number of rotatable bonds is 6. The molecule has 1 unspecified atom stereocenters. The summed E-state index contributed by atoms with van der Waals surface area (Å²) in [7, 11) is 0. The van der Waals surface area contributed by atoms with Crippen LogP contribution in [0.15, 0.2) is 23.8 Å². The van der Waals surface area contributed by atoms with E-state index < -0.39 is 35.3 Å². The third-order valence-electron chi connectivity index (χ3n) is 4.14. The number of carbonyl (C=O) groups is 3. The van der Waals surface area contributed by atoms with E-state index in [0.29, 0.717) is 21.9 Å². The topological polar surface area (TPSA) is 145 Å². The minimum absolute atomic E-state index is 0.0967. The van der Waals surface area contributed by atoms with Crippen molar-refractivity contribution in [3.8, 4) is 11.3 Å². The molecule has 0 bridgehead atoms. The molecule has 3 rings (SSSR count). The largest absolute Gasteiger partial charge is 0.476 e. The van der Waals surface area contributed by atoms with Crippen molar-refractivity contribution in [3.63, 3.8) is 0 Å². The highest BCUT2D eigenvalue weighted by Gasteiger charge is 2.30. The summed E-state index contributed by atoms with van der Waals surface area (Å²) in [6, 6.07) is 0.365. The zero-order valence-corrected chi connectivity index (χ0v) is 20.6. The fourth-order valence-corrected chi connectivity index (χ4v) is 3.69. The number of nitrogens with zero attached hydrogens (tertiary/aromatic N) is 4. The first-order chi connectivity index (χ1) is 15.7. The van der Waals surface area contributed by atoms with Gasteiger partial charge in [-0.25, -0.2) is 28.9 Å². The molecule has 2 N–H and O–H groups in total. The molecule has 0 aliphatic carbocycles. The summed E-state index contributed by atoms with van der Waals surface area (Å²) in [5.41, 5.74) is -0.0000780. The molecule has 3 aromatic rings. The highest BCUT2D eigenvalue weighted by atomic mass is 32.1. The lowest BCUT2D eigenvalue weighted by molar-refractivity contribution is -0.157. The number of aromatic carboxylic acids is 1. The number of hydrogen-bond acceptors (Lipinski definition) is 9. The van der Waals surface area contributed by atoms with Crippen LogP contribution in [0.25, 0.3) is 16.9 Å². The zero-order valence-electron chi connectivity index (χ0n) is 19.8. The van der Waals surface area contributed by atoms with Gasteiger partial charge in [0, 0.05) is 35.8 Å². The second-order valence-corrected chi connectivity index (χ2v) is 10.5. The molecular formula is C22H27N5O6S. The van der Waals surface area contributed by atoms with E-state index in [1.165, 1.54) is 21.9 Å². The molecule has 182 valence electrons. The molecule has 0 saturated carbocycles. The standard InChI is InChI=1S/C22H27N5O6S/c1-21(2,3)32-19(30)14(25-20(31)33-22(4,5)6)8-17-24-15(11-34-17)12-9-23-16-7-13(18(28)29)26-27(16)10-12/h7,9-11,14H,8H2,1-6H3,(H,25,31)(H,28,29). The summed E-state index contributed by atoms with van der Waals surface area (Å²) in [6.07, 6.45) is 2.55. The Labute approximate surface area is 200 Å². The molecule has 0 radical (unpaired) electrons. The maximum atomic E-state index is 12.8. The molecule has 0 aliphatic heterocycles. The number of thiazole rings is 1. The molecule has 34 heavy (non-hydrogen) atoms. The number of carbonyl (C=O) groups excluding carboxylic acids is 2. The van der Waals surface area contributed by atoms with Gasteiger partial charge < -0.3 is 19.9 Å². The van der Waals surface area contributed by atoms with E-state index in [0.717, 1.165) is 0 Å². The molecule has 0 saturated heterocycles. The normalized spacial score (nSPS) is 12.9. The van der Waals surface area contributed by atoms with Crippen LogP contribution in [0.3, 0.4) is 0 Å². The number of ether oxygens (including phenoxy) is 2. The fraction of sp³-hybridized carbons (Fsp3) is 0.455. The third-order valence-corrected chi connectivity index (χ3v) is 5.01. The van der Waals surface area contributed by atoms with Gasteiger partial charge in [-0.05, 0) is 41.5 Å². The van der Waals surface area contributed by atoms with Gasteiger partial charge in [0.25, 0.3) is 0 Å². The van der Waals surface area contributed by atoms with Crippen LogP contribution in [0.4, 0.5) is 4.79 Å². The molecule has 0 aliphatic rings. The van der Waals surface area contributed by atoms with E-state index in [1.807, 2.05) is 0 Å². The van der Waals surface area contributed by atoms with Crippen molar-refractivity contribution in [2.75, 3.05) is 0 Å². The Balaban J connectivity index is 1.81. The Morgan fingerprint density at radius 1 is 1.15 bits per heavy atom. The summed E-state index contributed by atoms with van der Waals surface area (Å²) >= 11 is 1.30. The smallest absolute Gasteiger partial charge is 0.408 e. The first-order valence-corrected chi connectivity index (χ1v) is 11.3. The molecule has 1 amide bonds. The van der Waals surface area contributed by atoms with Crippen LogP contribution in [-0.4, -0.2) is 60.0 Å². The Kier molecular flexibility index (Phi) is 6.92. The molecule has 1 atom stereocenters. The number of nitrogens with one attached hydrogen (secondary N) is 1. The lowest BCUT2D eigenvalue weighted by Crippen LogP contribution is -2.47. The van der Waals surface area contributed by atoms with E-state index in [2.05, 4.69) is 20.4 Å². The van der Waals surface area contributed by atoms with Gasteiger partial charge in [0.05, 0.1) is 10.7 Å². The van der Waals surface area contributed by atoms with Crippen molar-refractivity contribution in [2.45, 2.75) is 65.2 Å². The highest BCUT2D eigenvalue weighted by Crippen LogP contribution is 2.23. The summed E-state index contributed by atoms with van der Waals surface area (Å²) in [4.78, 5) is 45.0. The van der Waals surface area contributed by atoms with E-state index in [1.54, 1.807) is 59.3 Å². The molecule has 0 aromatic carbocycles. The molecule has 3 heterocycles. The zero-order chi connectivity index (χ0) is 25.3.